The molecule has 9 nitrogen and oxygen atoms in total. The minimum atomic E-state index is -4.25. The molecule has 0 saturated carbocycles. The smallest absolute Gasteiger partial charge is 0.418 e. The summed E-state index contributed by atoms with van der Waals surface area (Å²) in [5.41, 5.74) is 1.73. The molecule has 166 valence electrons. The van der Waals surface area contributed by atoms with Gasteiger partial charge in [-0.3, -0.25) is 0 Å². The van der Waals surface area contributed by atoms with Gasteiger partial charge in [0.15, 0.2) is 4.21 Å². The summed E-state index contributed by atoms with van der Waals surface area (Å²) in [7, 11) is -4.25. The van der Waals surface area contributed by atoms with E-state index in [-0.39, 0.29) is 15.8 Å². The first kappa shape index (κ1) is 22.9. The highest BCUT2D eigenvalue weighted by Crippen LogP contribution is 2.33. The Labute approximate surface area is 184 Å². The predicted octanol–water partition coefficient (Wildman–Crippen LogP) is 3.26. The quantitative estimate of drug-likeness (QED) is 0.466. The van der Waals surface area contributed by atoms with Crippen molar-refractivity contribution in [2.24, 2.45) is 5.92 Å². The molecule has 3 N–H and O–H groups in total. The van der Waals surface area contributed by atoms with Gasteiger partial charge < -0.3 is 14.8 Å². The van der Waals surface area contributed by atoms with Gasteiger partial charge in [-0.1, -0.05) is 38.1 Å². The maximum absolute atomic E-state index is 12.6. The first-order valence-corrected chi connectivity index (χ1v) is 11.9. The van der Waals surface area contributed by atoms with Crippen molar-refractivity contribution in [1.29, 1.82) is 0 Å². The lowest BCUT2D eigenvalue weighted by Gasteiger charge is -2.10. The maximum atomic E-state index is 12.6. The van der Waals surface area contributed by atoms with Crippen LogP contribution in [0.2, 0.25) is 0 Å². The van der Waals surface area contributed by atoms with Crippen LogP contribution >= 0.6 is 11.3 Å². The monoisotopic (exact) mass is 464 g/mol. The van der Waals surface area contributed by atoms with E-state index in [9.17, 15) is 18.3 Å². The molecule has 0 saturated heterocycles. The number of aromatic nitrogens is 3. The van der Waals surface area contributed by atoms with E-state index in [0.29, 0.717) is 29.4 Å². The second-order valence-corrected chi connectivity index (χ2v) is 10.5. The Hall–Kier alpha value is -2.76. The molecule has 0 radical (unpaired) electrons. The molecule has 0 aliphatic carbocycles. The number of rotatable bonds is 8. The van der Waals surface area contributed by atoms with Gasteiger partial charge >= 0.3 is 6.09 Å². The lowest BCUT2D eigenvalue weighted by atomic mass is 10.1. The fourth-order valence-corrected chi connectivity index (χ4v) is 5.72. The summed E-state index contributed by atoms with van der Waals surface area (Å²) < 4.78 is 28.4. The second kappa shape index (κ2) is 9.16. The topological polar surface area (TPSA) is 134 Å². The molecule has 0 fully saturated rings. The Balaban J connectivity index is 1.95. The van der Waals surface area contributed by atoms with Gasteiger partial charge in [0.1, 0.15) is 17.6 Å². The van der Waals surface area contributed by atoms with Crippen LogP contribution in [-0.4, -0.2) is 39.3 Å². The van der Waals surface area contributed by atoms with Crippen molar-refractivity contribution in [2.75, 3.05) is 0 Å². The van der Waals surface area contributed by atoms with E-state index in [1.54, 1.807) is 36.2 Å². The molecule has 3 aromatic rings. The molecule has 0 bridgehead atoms. The van der Waals surface area contributed by atoms with Crippen molar-refractivity contribution >= 4 is 27.5 Å². The van der Waals surface area contributed by atoms with Crippen molar-refractivity contribution in [1.82, 2.24) is 19.3 Å². The summed E-state index contributed by atoms with van der Waals surface area (Å²) in [6, 6.07) is 7.18. The Bertz CT molecular complexity index is 1160. The lowest BCUT2D eigenvalue weighted by molar-refractivity contribution is 0.184. The molecule has 1 atom stereocenters. The van der Waals surface area contributed by atoms with Gasteiger partial charge in [-0.2, -0.15) is 0 Å². The van der Waals surface area contributed by atoms with Crippen LogP contribution in [0.5, 0.6) is 0 Å². The molecular weight excluding hydrogens is 440 g/mol. The first-order valence-electron chi connectivity index (χ1n) is 9.60. The van der Waals surface area contributed by atoms with Crippen molar-refractivity contribution in [3.63, 3.8) is 0 Å². The third kappa shape index (κ3) is 5.49. The zero-order valence-corrected chi connectivity index (χ0v) is 18.9. The van der Waals surface area contributed by atoms with Crippen LogP contribution in [-0.2, 0) is 23.0 Å². The number of carboxylic acid groups (broad SMARTS) is 1. The van der Waals surface area contributed by atoms with Crippen LogP contribution in [0.4, 0.5) is 4.79 Å². The highest BCUT2D eigenvalue weighted by molar-refractivity contribution is 7.92. The maximum Gasteiger partial charge on any atom is 0.418 e. The van der Waals surface area contributed by atoms with Crippen LogP contribution in [0.1, 0.15) is 43.3 Å². The normalized spacial score (nSPS) is 12.8. The van der Waals surface area contributed by atoms with Gasteiger partial charge in [0.25, 0.3) is 10.0 Å². The number of sulfonamides is 1. The summed E-state index contributed by atoms with van der Waals surface area (Å²) >= 11 is 0.980. The molecule has 2 heterocycles. The molecule has 11 heteroatoms. The molecule has 1 unspecified atom stereocenters. The molecule has 31 heavy (non-hydrogen) atoms. The van der Waals surface area contributed by atoms with Gasteiger partial charge in [-0.25, -0.2) is 27.9 Å². The molecular formula is C20H24N4O5S2. The summed E-state index contributed by atoms with van der Waals surface area (Å²) in [4.78, 5) is 19.6. The number of thiazole rings is 1. The summed E-state index contributed by atoms with van der Waals surface area (Å²) in [5.74, 6) is 0.817. The number of aliphatic hydroxyl groups excluding tert-OH is 1. The summed E-state index contributed by atoms with van der Waals surface area (Å²) in [6.45, 7) is 6.13. The van der Waals surface area contributed by atoms with E-state index in [1.807, 2.05) is 30.5 Å². The number of benzene rings is 1. The van der Waals surface area contributed by atoms with E-state index in [4.69, 9.17) is 5.11 Å². The zero-order chi connectivity index (χ0) is 22.8. The van der Waals surface area contributed by atoms with E-state index in [0.717, 1.165) is 16.9 Å². The van der Waals surface area contributed by atoms with Crippen LogP contribution in [0.25, 0.3) is 11.3 Å². The van der Waals surface area contributed by atoms with Gasteiger partial charge in [0, 0.05) is 30.9 Å². The molecule has 2 aromatic heterocycles. The standard InChI is InChI=1S/C20H24N4O5S2/c1-12(2)10-16-22-17(19(30-16)31(28,29)23-20(26)27)15-6-4-14(5-7-15)11-24-9-8-21-18(24)13(3)25/h4-9,12-13,23,25H,10-11H2,1-3H3,(H,26,27). The molecule has 1 amide bonds. The zero-order valence-electron chi connectivity index (χ0n) is 17.3. The third-order valence-electron chi connectivity index (χ3n) is 4.39. The van der Waals surface area contributed by atoms with E-state index >= 15 is 0 Å². The molecule has 0 aliphatic heterocycles. The average Bonchev–Trinajstić information content (AvgIpc) is 3.28. The number of nitrogens with zero attached hydrogens (tertiary/aromatic N) is 3. The SMILES string of the molecule is CC(C)Cc1nc(-c2ccc(Cn3ccnc3C(C)O)cc2)c(S(=O)(=O)NC(=O)O)s1. The van der Waals surface area contributed by atoms with E-state index in [2.05, 4.69) is 9.97 Å². The van der Waals surface area contributed by atoms with Crippen LogP contribution in [0.3, 0.4) is 0 Å². The second-order valence-electron chi connectivity index (χ2n) is 7.54. The molecule has 0 aliphatic rings. The van der Waals surface area contributed by atoms with Gasteiger partial charge in [0.2, 0.25) is 0 Å². The number of nitrogens with one attached hydrogen (secondary N) is 1. The largest absolute Gasteiger partial charge is 0.464 e. The van der Waals surface area contributed by atoms with Crippen LogP contribution in [0.15, 0.2) is 40.9 Å². The Morgan fingerprint density at radius 3 is 2.48 bits per heavy atom. The number of hydrogen-bond acceptors (Lipinski definition) is 7. The first-order chi connectivity index (χ1) is 14.6. The van der Waals surface area contributed by atoms with Crippen LogP contribution < -0.4 is 4.72 Å². The number of carbonyl (C=O) groups is 1. The molecule has 3 rings (SSSR count). The minimum absolute atomic E-state index is 0.121. The number of imidazole rings is 1. The minimum Gasteiger partial charge on any atom is -0.464 e. The fourth-order valence-electron chi connectivity index (χ4n) is 3.10. The number of hydrogen-bond donors (Lipinski definition) is 3. The van der Waals surface area contributed by atoms with Crippen molar-refractivity contribution in [3.8, 4) is 11.3 Å². The van der Waals surface area contributed by atoms with Gasteiger partial charge in [-0.15, -0.1) is 11.3 Å². The van der Waals surface area contributed by atoms with Gasteiger partial charge in [0.05, 0.1) is 5.01 Å². The van der Waals surface area contributed by atoms with E-state index < -0.39 is 22.2 Å². The summed E-state index contributed by atoms with van der Waals surface area (Å²) in [5, 5.41) is 19.3. The van der Waals surface area contributed by atoms with Crippen molar-refractivity contribution in [2.45, 2.75) is 44.0 Å². The Morgan fingerprint density at radius 2 is 1.90 bits per heavy atom. The highest BCUT2D eigenvalue weighted by Gasteiger charge is 2.27. The van der Waals surface area contributed by atoms with E-state index in [1.165, 1.54) is 0 Å². The average molecular weight is 465 g/mol. The van der Waals surface area contributed by atoms with Crippen molar-refractivity contribution < 1.29 is 23.4 Å². The third-order valence-corrected chi connectivity index (χ3v) is 7.30. The number of amides is 1. The van der Waals surface area contributed by atoms with Gasteiger partial charge in [-0.05, 0) is 18.4 Å². The molecule has 0 spiro atoms. The lowest BCUT2D eigenvalue weighted by Crippen LogP contribution is -2.28. The fraction of sp³-hybridized carbons (Fsp3) is 0.350. The van der Waals surface area contributed by atoms with Crippen LogP contribution in [0, 0.1) is 5.92 Å². The highest BCUT2D eigenvalue weighted by atomic mass is 32.2. The Kier molecular flexibility index (Phi) is 6.77. The molecule has 1 aromatic carbocycles. The predicted molar refractivity (Wildman–Crippen MR) is 116 cm³/mol. The van der Waals surface area contributed by atoms with Crippen molar-refractivity contribution in [3.05, 3.63) is 53.1 Å². The Morgan fingerprint density at radius 1 is 1.23 bits per heavy atom. The number of aliphatic hydroxyl groups is 1. The summed E-state index contributed by atoms with van der Waals surface area (Å²) in [6.07, 6.45) is 1.64.